The molecule has 3 rings (SSSR count). The van der Waals surface area contributed by atoms with Gasteiger partial charge in [0, 0.05) is 20.0 Å². The number of hydrogen-bond donors (Lipinski definition) is 1. The van der Waals surface area contributed by atoms with Crippen molar-refractivity contribution in [2.24, 2.45) is 0 Å². The molecule has 1 heterocycles. The van der Waals surface area contributed by atoms with Crippen LogP contribution in [0.25, 0.3) is 11.1 Å². The van der Waals surface area contributed by atoms with Gasteiger partial charge in [-0.05, 0) is 35.7 Å². The van der Waals surface area contributed by atoms with Gasteiger partial charge in [-0.1, -0.05) is 30.3 Å². The molecule has 6 nitrogen and oxygen atoms in total. The Balaban J connectivity index is 1.74. The number of amides is 1. The van der Waals surface area contributed by atoms with Gasteiger partial charge in [-0.25, -0.2) is 17.5 Å². The van der Waals surface area contributed by atoms with Gasteiger partial charge in [0.15, 0.2) is 5.78 Å². The molecule has 8 heteroatoms. The number of hydrogen-bond acceptors (Lipinski definition) is 4. The van der Waals surface area contributed by atoms with Crippen LogP contribution in [0, 0.1) is 12.7 Å². The number of aryl methyl sites for hydroxylation is 1. The number of halogens is 1. The molecule has 1 aliphatic heterocycles. The first-order valence-electron chi connectivity index (χ1n) is 8.82. The van der Waals surface area contributed by atoms with E-state index in [2.05, 4.69) is 4.72 Å². The summed E-state index contributed by atoms with van der Waals surface area (Å²) in [7, 11) is -3.77. The van der Waals surface area contributed by atoms with Gasteiger partial charge in [0.1, 0.15) is 11.1 Å². The van der Waals surface area contributed by atoms with Crippen LogP contribution >= 0.6 is 0 Å². The lowest BCUT2D eigenvalue weighted by Crippen LogP contribution is -2.59. The second-order valence-electron chi connectivity index (χ2n) is 6.86. The predicted octanol–water partition coefficient (Wildman–Crippen LogP) is 2.13. The molecule has 28 heavy (non-hydrogen) atoms. The maximum absolute atomic E-state index is 14.5. The molecule has 0 bridgehead atoms. The molecule has 1 aliphatic rings. The normalized spacial score (nSPS) is 14.6. The van der Waals surface area contributed by atoms with Crippen molar-refractivity contribution in [2.75, 3.05) is 19.6 Å². The highest BCUT2D eigenvalue weighted by molar-refractivity contribution is 7.90. The average molecular weight is 404 g/mol. The van der Waals surface area contributed by atoms with Gasteiger partial charge in [-0.2, -0.15) is 0 Å². The largest absolute Gasteiger partial charge is 0.340 e. The van der Waals surface area contributed by atoms with Crippen LogP contribution in [0.5, 0.6) is 0 Å². The summed E-state index contributed by atoms with van der Waals surface area (Å²) in [5.74, 6) is -1.50. The molecule has 0 aliphatic carbocycles. The lowest BCUT2D eigenvalue weighted by molar-refractivity contribution is -0.131. The summed E-state index contributed by atoms with van der Waals surface area (Å²) in [6.07, 6.45) is 0. The van der Waals surface area contributed by atoms with Crippen LogP contribution in [0.2, 0.25) is 0 Å². The molecular weight excluding hydrogens is 383 g/mol. The summed E-state index contributed by atoms with van der Waals surface area (Å²) in [5, 5.41) is -0.758. The lowest BCUT2D eigenvalue weighted by atomic mass is 9.98. The highest BCUT2D eigenvalue weighted by Gasteiger charge is 2.38. The van der Waals surface area contributed by atoms with Gasteiger partial charge in [0.25, 0.3) is 0 Å². The zero-order chi connectivity index (χ0) is 20.5. The third-order valence-corrected chi connectivity index (χ3v) is 6.55. The van der Waals surface area contributed by atoms with E-state index in [0.717, 1.165) is 5.56 Å². The minimum Gasteiger partial charge on any atom is -0.340 e. The molecule has 1 fully saturated rings. The van der Waals surface area contributed by atoms with E-state index in [0.29, 0.717) is 11.1 Å². The fourth-order valence-corrected chi connectivity index (χ4v) is 4.36. The van der Waals surface area contributed by atoms with Crippen molar-refractivity contribution in [1.29, 1.82) is 0 Å². The first-order valence-corrected chi connectivity index (χ1v) is 10.4. The summed E-state index contributed by atoms with van der Waals surface area (Å²) >= 11 is 0. The molecule has 0 spiro atoms. The summed E-state index contributed by atoms with van der Waals surface area (Å²) in [6.45, 7) is 2.58. The van der Waals surface area contributed by atoms with Crippen molar-refractivity contribution in [2.45, 2.75) is 19.1 Å². The molecule has 0 radical (unpaired) electrons. The molecule has 2 aromatic rings. The summed E-state index contributed by atoms with van der Waals surface area (Å²) in [5.41, 5.74) is 1.67. The third kappa shape index (κ3) is 4.13. The SMILES string of the molecule is CC(=O)N1CC(S(=O)(=O)NCC(=O)c2cc(-c3ccccc3)cc(C)c2F)C1. The molecule has 0 unspecified atom stereocenters. The Morgan fingerprint density at radius 2 is 1.79 bits per heavy atom. The van der Waals surface area contributed by atoms with Crippen molar-refractivity contribution in [3.8, 4) is 11.1 Å². The number of nitrogens with one attached hydrogen (secondary N) is 1. The summed E-state index contributed by atoms with van der Waals surface area (Å²) in [6, 6.07) is 12.3. The standard InChI is InChI=1S/C20H21FN2O4S/c1-13-8-16(15-6-4-3-5-7-15)9-18(20(13)21)19(25)10-22-28(26,27)17-11-23(12-17)14(2)24/h3-9,17,22H,10-12H2,1-2H3. The number of rotatable bonds is 6. The highest BCUT2D eigenvalue weighted by atomic mass is 32.2. The number of benzene rings is 2. The first kappa shape index (κ1) is 20.2. The van der Waals surface area contributed by atoms with Gasteiger partial charge >= 0.3 is 0 Å². The van der Waals surface area contributed by atoms with Gasteiger partial charge in [0.2, 0.25) is 15.9 Å². The number of ketones is 1. The Bertz CT molecular complexity index is 1020. The smallest absolute Gasteiger partial charge is 0.219 e. The predicted molar refractivity (Wildman–Crippen MR) is 104 cm³/mol. The van der Waals surface area contributed by atoms with Gasteiger partial charge in [-0.15, -0.1) is 0 Å². The van der Waals surface area contributed by atoms with Gasteiger partial charge in [0.05, 0.1) is 12.1 Å². The fraction of sp³-hybridized carbons (Fsp3) is 0.300. The molecule has 1 amide bonds. The van der Waals surface area contributed by atoms with E-state index in [4.69, 9.17) is 0 Å². The summed E-state index contributed by atoms with van der Waals surface area (Å²) < 4.78 is 41.3. The van der Waals surface area contributed by atoms with Gasteiger partial charge in [-0.3, -0.25) is 9.59 Å². The monoisotopic (exact) mass is 404 g/mol. The quantitative estimate of drug-likeness (QED) is 0.748. The molecule has 2 aromatic carbocycles. The Kier molecular flexibility index (Phi) is 5.62. The molecular formula is C20H21FN2O4S. The fourth-order valence-electron chi connectivity index (χ4n) is 3.04. The van der Waals surface area contributed by atoms with E-state index in [1.807, 2.05) is 30.3 Å². The van der Waals surface area contributed by atoms with Crippen molar-refractivity contribution in [3.63, 3.8) is 0 Å². The maximum atomic E-state index is 14.5. The molecule has 1 saturated heterocycles. The minimum atomic E-state index is -3.77. The Morgan fingerprint density at radius 1 is 1.14 bits per heavy atom. The lowest BCUT2D eigenvalue weighted by Gasteiger charge is -2.37. The van der Waals surface area contributed by atoms with Crippen molar-refractivity contribution < 1.29 is 22.4 Å². The Morgan fingerprint density at radius 3 is 2.39 bits per heavy atom. The molecule has 0 aromatic heterocycles. The average Bonchev–Trinajstić information content (AvgIpc) is 2.60. The van der Waals surface area contributed by atoms with Crippen molar-refractivity contribution >= 4 is 21.7 Å². The Hall–Kier alpha value is -2.58. The topological polar surface area (TPSA) is 83.6 Å². The van der Waals surface area contributed by atoms with E-state index >= 15 is 0 Å². The molecule has 1 N–H and O–H groups in total. The van der Waals surface area contributed by atoms with Gasteiger partial charge < -0.3 is 4.90 Å². The number of Topliss-reactive ketones (excluding diaryl/α,β-unsaturated/α-hetero) is 1. The number of sulfonamides is 1. The highest BCUT2D eigenvalue weighted by Crippen LogP contribution is 2.25. The number of nitrogens with zero attached hydrogens (tertiary/aromatic N) is 1. The molecule has 0 saturated carbocycles. The first-order chi connectivity index (χ1) is 13.2. The summed E-state index contributed by atoms with van der Waals surface area (Å²) in [4.78, 5) is 25.1. The number of likely N-dealkylation sites (tertiary alicyclic amines) is 1. The number of carbonyl (C=O) groups excluding carboxylic acids is 2. The zero-order valence-electron chi connectivity index (χ0n) is 15.6. The van der Waals surface area contributed by atoms with Crippen molar-refractivity contribution in [1.82, 2.24) is 9.62 Å². The zero-order valence-corrected chi connectivity index (χ0v) is 16.4. The van der Waals surface area contributed by atoms with Crippen LogP contribution in [0.15, 0.2) is 42.5 Å². The second-order valence-corrected chi connectivity index (χ2v) is 8.90. The second kappa shape index (κ2) is 7.81. The third-order valence-electron chi connectivity index (χ3n) is 4.83. The number of carbonyl (C=O) groups is 2. The van der Waals surface area contributed by atoms with Crippen LogP contribution < -0.4 is 4.72 Å². The van der Waals surface area contributed by atoms with Crippen LogP contribution in [-0.2, 0) is 14.8 Å². The molecule has 0 atom stereocenters. The Labute approximate surface area is 163 Å². The van der Waals surface area contributed by atoms with E-state index in [1.165, 1.54) is 17.9 Å². The van der Waals surface area contributed by atoms with Crippen LogP contribution in [0.4, 0.5) is 4.39 Å². The van der Waals surface area contributed by atoms with E-state index < -0.39 is 33.4 Å². The maximum Gasteiger partial charge on any atom is 0.219 e. The minimum absolute atomic E-state index is 0.0931. The van der Waals surface area contributed by atoms with E-state index in [1.54, 1.807) is 13.0 Å². The van der Waals surface area contributed by atoms with E-state index in [9.17, 15) is 22.4 Å². The molecule has 148 valence electrons. The van der Waals surface area contributed by atoms with E-state index in [-0.39, 0.29) is 24.6 Å². The van der Waals surface area contributed by atoms with Crippen molar-refractivity contribution in [3.05, 3.63) is 59.4 Å². The van der Waals surface area contributed by atoms with Crippen LogP contribution in [-0.4, -0.2) is 49.9 Å². The van der Waals surface area contributed by atoms with Crippen LogP contribution in [0.3, 0.4) is 0 Å². The van der Waals surface area contributed by atoms with Crippen LogP contribution in [0.1, 0.15) is 22.8 Å².